The monoisotopic (exact) mass is 361 g/mol. The molecule has 0 heterocycles. The molecule has 1 aromatic rings. The minimum Gasteiger partial charge on any atom is -0.493 e. The number of anilines is 1. The van der Waals surface area contributed by atoms with Gasteiger partial charge in [0.2, 0.25) is 0 Å². The molecule has 1 amide bonds. The molecule has 1 aromatic carbocycles. The maximum Gasteiger partial charge on any atom is 0.315 e. The van der Waals surface area contributed by atoms with Crippen molar-refractivity contribution in [3.8, 4) is 11.5 Å². The molecule has 1 aliphatic rings. The van der Waals surface area contributed by atoms with Crippen LogP contribution in [0.15, 0.2) is 18.2 Å². The summed E-state index contributed by atoms with van der Waals surface area (Å²) in [6.45, 7) is 1.17. The summed E-state index contributed by atoms with van der Waals surface area (Å²) in [6, 6.07) is 4.90. The molecule has 1 fully saturated rings. The number of halogens is 2. The van der Waals surface area contributed by atoms with Gasteiger partial charge in [-0.3, -0.25) is 9.59 Å². The van der Waals surface area contributed by atoms with Gasteiger partial charge in [-0.2, -0.15) is 0 Å². The Morgan fingerprint density at radius 1 is 1.22 bits per heavy atom. The van der Waals surface area contributed by atoms with Crippen molar-refractivity contribution in [2.24, 2.45) is 5.41 Å². The number of esters is 1. The molecule has 1 atom stereocenters. The normalized spacial score (nSPS) is 21.3. The maximum atomic E-state index is 11.9. The van der Waals surface area contributed by atoms with Crippen molar-refractivity contribution < 1.29 is 23.8 Å². The fraction of sp³-hybridized carbons (Fsp3) is 0.467. The molecular formula is C15H17Cl2NO5. The zero-order valence-corrected chi connectivity index (χ0v) is 14.5. The molecule has 0 spiro atoms. The number of methoxy groups -OCH3 is 2. The summed E-state index contributed by atoms with van der Waals surface area (Å²) in [6.07, 6.45) is 0.305. The second-order valence-corrected chi connectivity index (χ2v) is 6.89. The Bertz CT molecular complexity index is 634. The first-order valence-corrected chi connectivity index (χ1v) is 7.56. The smallest absolute Gasteiger partial charge is 0.315 e. The van der Waals surface area contributed by atoms with E-state index in [0.717, 1.165) is 0 Å². The van der Waals surface area contributed by atoms with E-state index in [0.29, 0.717) is 23.6 Å². The van der Waals surface area contributed by atoms with Gasteiger partial charge >= 0.3 is 5.97 Å². The van der Waals surface area contributed by atoms with Crippen LogP contribution in [0.3, 0.4) is 0 Å². The van der Waals surface area contributed by atoms with Crippen LogP contribution in [0.1, 0.15) is 13.3 Å². The van der Waals surface area contributed by atoms with Crippen LogP contribution in [-0.2, 0) is 14.3 Å². The van der Waals surface area contributed by atoms with Gasteiger partial charge in [0.05, 0.1) is 14.2 Å². The van der Waals surface area contributed by atoms with Crippen molar-refractivity contribution in [1.82, 2.24) is 0 Å². The molecule has 0 bridgehead atoms. The van der Waals surface area contributed by atoms with Gasteiger partial charge in [-0.25, -0.2) is 0 Å². The summed E-state index contributed by atoms with van der Waals surface area (Å²) in [5, 5.41) is 2.60. The van der Waals surface area contributed by atoms with E-state index in [9.17, 15) is 9.59 Å². The predicted molar refractivity (Wildman–Crippen MR) is 86.3 cm³/mol. The van der Waals surface area contributed by atoms with Crippen LogP contribution in [0.2, 0.25) is 0 Å². The van der Waals surface area contributed by atoms with Crippen LogP contribution in [-0.4, -0.2) is 37.0 Å². The Morgan fingerprint density at radius 3 is 2.35 bits per heavy atom. The summed E-state index contributed by atoms with van der Waals surface area (Å²) in [7, 11) is 3.01. The van der Waals surface area contributed by atoms with Gasteiger partial charge in [-0.15, -0.1) is 23.2 Å². The number of amides is 1. The Morgan fingerprint density at radius 2 is 1.83 bits per heavy atom. The molecule has 126 valence electrons. The molecule has 8 heteroatoms. The summed E-state index contributed by atoms with van der Waals surface area (Å²) in [5.41, 5.74) is -0.468. The molecule has 1 aliphatic carbocycles. The predicted octanol–water partition coefficient (Wildman–Crippen LogP) is 2.77. The van der Waals surface area contributed by atoms with Gasteiger partial charge in [0.15, 0.2) is 18.1 Å². The largest absolute Gasteiger partial charge is 0.493 e. The summed E-state index contributed by atoms with van der Waals surface area (Å²) >= 11 is 11.8. The highest BCUT2D eigenvalue weighted by atomic mass is 35.5. The molecule has 0 radical (unpaired) electrons. The third-order valence-electron chi connectivity index (χ3n) is 3.71. The van der Waals surface area contributed by atoms with Crippen molar-refractivity contribution in [3.05, 3.63) is 18.2 Å². The van der Waals surface area contributed by atoms with E-state index in [1.54, 1.807) is 25.1 Å². The Kier molecular flexibility index (Phi) is 4.96. The molecule has 1 saturated carbocycles. The topological polar surface area (TPSA) is 73.9 Å². The molecule has 6 nitrogen and oxygen atoms in total. The van der Waals surface area contributed by atoms with Crippen molar-refractivity contribution in [2.45, 2.75) is 17.7 Å². The van der Waals surface area contributed by atoms with Crippen LogP contribution in [0.5, 0.6) is 11.5 Å². The van der Waals surface area contributed by atoms with E-state index in [-0.39, 0.29) is 0 Å². The molecule has 2 rings (SSSR count). The van der Waals surface area contributed by atoms with E-state index in [1.807, 2.05) is 0 Å². The van der Waals surface area contributed by atoms with Crippen molar-refractivity contribution in [2.75, 3.05) is 26.1 Å². The highest BCUT2D eigenvalue weighted by Gasteiger charge is 2.69. The minimum atomic E-state index is -1.12. The van der Waals surface area contributed by atoms with Gasteiger partial charge in [0.25, 0.3) is 5.91 Å². The van der Waals surface area contributed by atoms with Gasteiger partial charge in [-0.1, -0.05) is 0 Å². The summed E-state index contributed by atoms with van der Waals surface area (Å²) in [5.74, 6) is -0.0597. The van der Waals surface area contributed by atoms with Crippen LogP contribution >= 0.6 is 23.2 Å². The number of carbonyl (C=O) groups is 2. The number of hydrogen-bond acceptors (Lipinski definition) is 5. The van der Waals surface area contributed by atoms with E-state index in [2.05, 4.69) is 5.32 Å². The molecular weight excluding hydrogens is 345 g/mol. The molecule has 0 aromatic heterocycles. The quantitative estimate of drug-likeness (QED) is 0.622. The zero-order valence-electron chi connectivity index (χ0n) is 12.9. The first-order chi connectivity index (χ1) is 10.7. The van der Waals surface area contributed by atoms with Crippen molar-refractivity contribution in [3.63, 3.8) is 0 Å². The first-order valence-electron chi connectivity index (χ1n) is 6.80. The number of hydrogen-bond donors (Lipinski definition) is 1. The first kappa shape index (κ1) is 17.7. The third-order valence-corrected chi connectivity index (χ3v) is 4.81. The molecule has 0 aliphatic heterocycles. The van der Waals surface area contributed by atoms with E-state index in [4.69, 9.17) is 37.4 Å². The minimum absolute atomic E-state index is 0.305. The highest BCUT2D eigenvalue weighted by molar-refractivity contribution is 6.53. The Hall–Kier alpha value is -1.66. The Balaban J connectivity index is 1.89. The lowest BCUT2D eigenvalue weighted by Gasteiger charge is -2.13. The SMILES string of the molecule is COc1ccc(NC(=O)COC(=O)C2(C)CC2(Cl)Cl)cc1OC. The number of carbonyl (C=O) groups excluding carboxylic acids is 2. The van der Waals surface area contributed by atoms with Crippen LogP contribution < -0.4 is 14.8 Å². The van der Waals surface area contributed by atoms with Crippen molar-refractivity contribution in [1.29, 1.82) is 0 Å². The number of ether oxygens (including phenoxy) is 3. The Labute approximate surface area is 144 Å². The average molecular weight is 362 g/mol. The van der Waals surface area contributed by atoms with Crippen LogP contribution in [0, 0.1) is 5.41 Å². The standard InChI is InChI=1S/C15H17Cl2NO5/c1-14(8-15(14,16)17)13(20)23-7-12(19)18-9-4-5-10(21-2)11(6-9)22-3/h4-6H,7-8H2,1-3H3,(H,18,19). The van der Waals surface area contributed by atoms with Gasteiger partial charge in [0.1, 0.15) is 9.75 Å². The van der Waals surface area contributed by atoms with Gasteiger partial charge in [0, 0.05) is 18.2 Å². The highest BCUT2D eigenvalue weighted by Crippen LogP contribution is 2.64. The van der Waals surface area contributed by atoms with E-state index < -0.39 is 28.2 Å². The average Bonchev–Trinajstić information content (AvgIpc) is 3.04. The number of benzene rings is 1. The fourth-order valence-electron chi connectivity index (χ4n) is 2.02. The van der Waals surface area contributed by atoms with E-state index in [1.165, 1.54) is 14.2 Å². The lowest BCUT2D eigenvalue weighted by atomic mass is 10.1. The van der Waals surface area contributed by atoms with Gasteiger partial charge < -0.3 is 19.5 Å². The lowest BCUT2D eigenvalue weighted by Crippen LogP contribution is -2.26. The fourth-order valence-corrected chi connectivity index (χ4v) is 2.71. The summed E-state index contributed by atoms with van der Waals surface area (Å²) in [4.78, 5) is 23.7. The molecule has 23 heavy (non-hydrogen) atoms. The number of nitrogens with one attached hydrogen (secondary N) is 1. The summed E-state index contributed by atoms with van der Waals surface area (Å²) < 4.78 is 14.1. The molecule has 1 N–H and O–H groups in total. The molecule has 1 unspecified atom stereocenters. The van der Waals surface area contributed by atoms with Gasteiger partial charge in [-0.05, 0) is 19.1 Å². The lowest BCUT2D eigenvalue weighted by molar-refractivity contribution is -0.152. The zero-order chi connectivity index (χ0) is 17.3. The van der Waals surface area contributed by atoms with Crippen LogP contribution in [0.25, 0.3) is 0 Å². The van der Waals surface area contributed by atoms with Crippen LogP contribution in [0.4, 0.5) is 5.69 Å². The molecule has 0 saturated heterocycles. The second-order valence-electron chi connectivity index (χ2n) is 5.41. The number of rotatable bonds is 6. The van der Waals surface area contributed by atoms with Crippen molar-refractivity contribution >= 4 is 40.8 Å². The van der Waals surface area contributed by atoms with E-state index >= 15 is 0 Å². The third kappa shape index (κ3) is 3.64. The second kappa shape index (κ2) is 6.45. The maximum absolute atomic E-state index is 11.9. The number of alkyl halides is 2.